The van der Waals surface area contributed by atoms with Crippen molar-refractivity contribution in [1.29, 1.82) is 0 Å². The Balaban J connectivity index is 0.00000144. The van der Waals surface area contributed by atoms with Gasteiger partial charge in [0.25, 0.3) is 0 Å². The van der Waals surface area contributed by atoms with Gasteiger partial charge in [-0.3, -0.25) is 0 Å². The average molecular weight is 255 g/mol. The molecule has 0 amide bonds. The van der Waals surface area contributed by atoms with Crippen molar-refractivity contribution in [1.82, 2.24) is 10.2 Å². The van der Waals surface area contributed by atoms with Gasteiger partial charge in [-0.1, -0.05) is 24.3 Å². The summed E-state index contributed by atoms with van der Waals surface area (Å²) in [6, 6.07) is 9.35. The van der Waals surface area contributed by atoms with Crippen molar-refractivity contribution in [3.8, 4) is 0 Å². The van der Waals surface area contributed by atoms with Gasteiger partial charge in [-0.2, -0.15) is 0 Å². The summed E-state index contributed by atoms with van der Waals surface area (Å²) in [5.74, 6) is 0. The van der Waals surface area contributed by atoms with Crippen molar-refractivity contribution in [2.75, 3.05) is 20.1 Å². The second-order valence-corrected chi connectivity index (χ2v) is 4.83. The Morgan fingerprint density at radius 1 is 1.35 bits per heavy atom. The van der Waals surface area contributed by atoms with E-state index in [9.17, 15) is 0 Å². The minimum Gasteiger partial charge on any atom is -0.311 e. The van der Waals surface area contributed by atoms with E-state index in [-0.39, 0.29) is 12.4 Å². The molecule has 1 N–H and O–H groups in total. The maximum atomic E-state index is 3.57. The number of halogens is 1. The van der Waals surface area contributed by atoms with E-state index in [0.717, 1.165) is 19.1 Å². The lowest BCUT2D eigenvalue weighted by atomic mass is 10.1. The number of rotatable bonds is 4. The molecule has 3 heteroatoms. The third-order valence-corrected chi connectivity index (χ3v) is 3.63. The average Bonchev–Trinajstić information content (AvgIpc) is 2.67. The standard InChI is InChI=1S/C14H22N2.ClH/c1-12-6-3-4-7-13(12)10-15-11-14-8-5-9-16(14)2;/h3-4,6-7,14-15H,5,8-11H2,1-2H3;1H. The summed E-state index contributed by atoms with van der Waals surface area (Å²) in [4.78, 5) is 2.46. The van der Waals surface area contributed by atoms with Crippen LogP contribution in [0.15, 0.2) is 24.3 Å². The van der Waals surface area contributed by atoms with E-state index in [2.05, 4.69) is 48.5 Å². The molecule has 0 saturated carbocycles. The largest absolute Gasteiger partial charge is 0.311 e. The third-order valence-electron chi connectivity index (χ3n) is 3.63. The van der Waals surface area contributed by atoms with E-state index in [0.29, 0.717) is 0 Å². The summed E-state index contributed by atoms with van der Waals surface area (Å²) < 4.78 is 0. The van der Waals surface area contributed by atoms with Gasteiger partial charge in [0.2, 0.25) is 0 Å². The summed E-state index contributed by atoms with van der Waals surface area (Å²) in [6.45, 7) is 5.55. The van der Waals surface area contributed by atoms with Crippen molar-refractivity contribution < 1.29 is 0 Å². The first-order valence-corrected chi connectivity index (χ1v) is 6.23. The lowest BCUT2D eigenvalue weighted by Gasteiger charge is -2.20. The molecule has 1 saturated heterocycles. The minimum atomic E-state index is 0. The SMILES string of the molecule is Cc1ccccc1CNCC1CCCN1C.Cl. The van der Waals surface area contributed by atoms with E-state index in [1.54, 1.807) is 0 Å². The van der Waals surface area contributed by atoms with Crippen LogP contribution in [0.3, 0.4) is 0 Å². The Morgan fingerprint density at radius 3 is 2.76 bits per heavy atom. The smallest absolute Gasteiger partial charge is 0.0218 e. The molecule has 0 aliphatic carbocycles. The molecule has 2 rings (SSSR count). The molecule has 1 aliphatic heterocycles. The van der Waals surface area contributed by atoms with Gasteiger partial charge in [0, 0.05) is 19.1 Å². The molecule has 1 atom stereocenters. The molecule has 17 heavy (non-hydrogen) atoms. The van der Waals surface area contributed by atoms with Crippen LogP contribution in [-0.4, -0.2) is 31.1 Å². The van der Waals surface area contributed by atoms with Gasteiger partial charge >= 0.3 is 0 Å². The van der Waals surface area contributed by atoms with Gasteiger partial charge in [-0.05, 0) is 44.5 Å². The van der Waals surface area contributed by atoms with E-state index < -0.39 is 0 Å². The topological polar surface area (TPSA) is 15.3 Å². The molecule has 1 heterocycles. The molecule has 1 aliphatic rings. The molecule has 1 aromatic rings. The molecule has 1 unspecified atom stereocenters. The summed E-state index contributed by atoms with van der Waals surface area (Å²) in [5, 5.41) is 3.57. The quantitative estimate of drug-likeness (QED) is 0.889. The second-order valence-electron chi connectivity index (χ2n) is 4.83. The number of benzene rings is 1. The van der Waals surface area contributed by atoms with Gasteiger partial charge in [-0.25, -0.2) is 0 Å². The molecule has 1 aromatic carbocycles. The third kappa shape index (κ3) is 3.98. The Kier molecular flexibility index (Phi) is 5.96. The van der Waals surface area contributed by atoms with E-state index in [4.69, 9.17) is 0 Å². The van der Waals surface area contributed by atoms with Crippen LogP contribution in [-0.2, 0) is 6.54 Å². The molecule has 0 bridgehead atoms. The molecule has 96 valence electrons. The van der Waals surface area contributed by atoms with Crippen molar-refractivity contribution in [2.24, 2.45) is 0 Å². The summed E-state index contributed by atoms with van der Waals surface area (Å²) in [7, 11) is 2.23. The van der Waals surface area contributed by atoms with Crippen LogP contribution in [0.2, 0.25) is 0 Å². The van der Waals surface area contributed by atoms with Crippen LogP contribution in [0.4, 0.5) is 0 Å². The molecule has 0 aromatic heterocycles. The molecule has 2 nitrogen and oxygen atoms in total. The lowest BCUT2D eigenvalue weighted by molar-refractivity contribution is 0.300. The van der Waals surface area contributed by atoms with Gasteiger partial charge in [0.1, 0.15) is 0 Å². The number of nitrogens with one attached hydrogen (secondary N) is 1. The Bertz CT molecular complexity index is 341. The van der Waals surface area contributed by atoms with Crippen molar-refractivity contribution >= 4 is 12.4 Å². The highest BCUT2D eigenvalue weighted by Gasteiger charge is 2.19. The highest BCUT2D eigenvalue weighted by molar-refractivity contribution is 5.85. The van der Waals surface area contributed by atoms with Crippen molar-refractivity contribution in [3.05, 3.63) is 35.4 Å². The predicted molar refractivity (Wildman–Crippen MR) is 75.8 cm³/mol. The molecular weight excluding hydrogens is 232 g/mol. The summed E-state index contributed by atoms with van der Waals surface area (Å²) in [6.07, 6.45) is 2.70. The Labute approximate surface area is 111 Å². The van der Waals surface area contributed by atoms with Crippen molar-refractivity contribution in [2.45, 2.75) is 32.4 Å². The molecule has 0 spiro atoms. The first-order chi connectivity index (χ1) is 7.77. The van der Waals surface area contributed by atoms with Crippen LogP contribution >= 0.6 is 12.4 Å². The van der Waals surface area contributed by atoms with Crippen LogP contribution in [0, 0.1) is 6.92 Å². The zero-order valence-electron chi connectivity index (χ0n) is 10.8. The van der Waals surface area contributed by atoms with Gasteiger partial charge in [0.15, 0.2) is 0 Å². The number of likely N-dealkylation sites (N-methyl/N-ethyl adjacent to an activating group) is 1. The van der Waals surface area contributed by atoms with E-state index >= 15 is 0 Å². The maximum absolute atomic E-state index is 3.57. The summed E-state index contributed by atoms with van der Waals surface area (Å²) >= 11 is 0. The normalized spacial score (nSPS) is 20.2. The highest BCUT2D eigenvalue weighted by atomic mass is 35.5. The lowest BCUT2D eigenvalue weighted by Crippen LogP contribution is -2.35. The van der Waals surface area contributed by atoms with E-state index in [1.165, 1.54) is 30.5 Å². The molecule has 0 radical (unpaired) electrons. The fourth-order valence-corrected chi connectivity index (χ4v) is 2.42. The monoisotopic (exact) mass is 254 g/mol. The van der Waals surface area contributed by atoms with Crippen LogP contribution in [0.1, 0.15) is 24.0 Å². The number of likely N-dealkylation sites (tertiary alicyclic amines) is 1. The number of aryl methyl sites for hydroxylation is 1. The fourth-order valence-electron chi connectivity index (χ4n) is 2.42. The van der Waals surface area contributed by atoms with Crippen LogP contribution in [0.5, 0.6) is 0 Å². The number of hydrogen-bond donors (Lipinski definition) is 1. The van der Waals surface area contributed by atoms with E-state index in [1.807, 2.05) is 0 Å². The van der Waals surface area contributed by atoms with Crippen LogP contribution < -0.4 is 5.32 Å². The van der Waals surface area contributed by atoms with Gasteiger partial charge < -0.3 is 10.2 Å². The number of nitrogens with zero attached hydrogens (tertiary/aromatic N) is 1. The van der Waals surface area contributed by atoms with Gasteiger partial charge in [0.05, 0.1) is 0 Å². The Morgan fingerprint density at radius 2 is 2.12 bits per heavy atom. The number of hydrogen-bond acceptors (Lipinski definition) is 2. The molecule has 1 fully saturated rings. The minimum absolute atomic E-state index is 0. The predicted octanol–water partition coefficient (Wildman–Crippen LogP) is 2.60. The first-order valence-electron chi connectivity index (χ1n) is 6.23. The zero-order chi connectivity index (χ0) is 11.4. The maximum Gasteiger partial charge on any atom is 0.0218 e. The second kappa shape index (κ2) is 7.00. The Hall–Kier alpha value is -0.570. The van der Waals surface area contributed by atoms with Gasteiger partial charge in [-0.15, -0.1) is 12.4 Å². The highest BCUT2D eigenvalue weighted by Crippen LogP contribution is 2.14. The summed E-state index contributed by atoms with van der Waals surface area (Å²) in [5.41, 5.74) is 2.80. The van der Waals surface area contributed by atoms with Crippen molar-refractivity contribution in [3.63, 3.8) is 0 Å². The zero-order valence-corrected chi connectivity index (χ0v) is 11.6. The fraction of sp³-hybridized carbons (Fsp3) is 0.571. The van der Waals surface area contributed by atoms with Crippen LogP contribution in [0.25, 0.3) is 0 Å². The molecular formula is C14H23ClN2. The first kappa shape index (κ1) is 14.5.